The highest BCUT2D eigenvalue weighted by Gasteiger charge is 2.14. The van der Waals surface area contributed by atoms with Gasteiger partial charge in [0.2, 0.25) is 0 Å². The van der Waals surface area contributed by atoms with E-state index >= 15 is 0 Å². The third kappa shape index (κ3) is 4.85. The van der Waals surface area contributed by atoms with Crippen molar-refractivity contribution in [1.29, 1.82) is 0 Å². The molecule has 6 heteroatoms. The molecule has 0 radical (unpaired) electrons. The van der Waals surface area contributed by atoms with Gasteiger partial charge < -0.3 is 9.47 Å². The Kier molecular flexibility index (Phi) is 6.42. The van der Waals surface area contributed by atoms with E-state index in [4.69, 9.17) is 9.47 Å². The number of hydrogen-bond donors (Lipinski definition) is 1. The second-order valence-electron chi connectivity index (χ2n) is 6.76. The number of carbonyl (C=O) groups is 1. The number of hydrazone groups is 1. The zero-order chi connectivity index (χ0) is 19.3. The number of halogens is 1. The first-order valence-corrected chi connectivity index (χ1v) is 8.91. The van der Waals surface area contributed by atoms with E-state index in [-0.39, 0.29) is 11.3 Å². The maximum absolute atomic E-state index is 12.2. The lowest BCUT2D eigenvalue weighted by atomic mass is 9.87. The summed E-state index contributed by atoms with van der Waals surface area (Å²) in [4.78, 5) is 12.2. The maximum atomic E-state index is 12.2. The Hall–Kier alpha value is -2.34. The highest BCUT2D eigenvalue weighted by atomic mass is 79.9. The molecule has 138 valence electrons. The standard InChI is InChI=1S/C20H23BrN2O3/c1-20(2,3)15-8-6-14(7-9-15)19(24)23-22-12-13-10-16(21)18(26-5)17(11-13)25-4/h6-12H,1-5H3,(H,23,24). The summed E-state index contributed by atoms with van der Waals surface area (Å²) in [6, 6.07) is 11.1. The second kappa shape index (κ2) is 8.36. The molecule has 0 aliphatic rings. The minimum atomic E-state index is -0.263. The van der Waals surface area contributed by atoms with E-state index in [0.29, 0.717) is 17.1 Å². The van der Waals surface area contributed by atoms with Gasteiger partial charge in [0.05, 0.1) is 24.9 Å². The molecule has 0 aromatic heterocycles. The van der Waals surface area contributed by atoms with Crippen molar-refractivity contribution in [3.05, 3.63) is 57.6 Å². The normalized spacial score (nSPS) is 11.5. The molecule has 2 aromatic rings. The maximum Gasteiger partial charge on any atom is 0.271 e. The Bertz CT molecular complexity index is 809. The fourth-order valence-electron chi connectivity index (χ4n) is 2.36. The smallest absolute Gasteiger partial charge is 0.271 e. The van der Waals surface area contributed by atoms with Gasteiger partial charge in [-0.2, -0.15) is 5.10 Å². The lowest BCUT2D eigenvalue weighted by Gasteiger charge is -2.18. The van der Waals surface area contributed by atoms with Gasteiger partial charge in [0.25, 0.3) is 5.91 Å². The largest absolute Gasteiger partial charge is 0.493 e. The number of benzene rings is 2. The summed E-state index contributed by atoms with van der Waals surface area (Å²) >= 11 is 3.43. The number of carbonyl (C=O) groups excluding carboxylic acids is 1. The fraction of sp³-hybridized carbons (Fsp3) is 0.300. The van der Waals surface area contributed by atoms with Gasteiger partial charge in [0, 0.05) is 5.56 Å². The Morgan fingerprint density at radius 1 is 1.12 bits per heavy atom. The van der Waals surface area contributed by atoms with Crippen molar-refractivity contribution in [2.45, 2.75) is 26.2 Å². The van der Waals surface area contributed by atoms with E-state index < -0.39 is 0 Å². The van der Waals surface area contributed by atoms with Crippen LogP contribution >= 0.6 is 15.9 Å². The van der Waals surface area contributed by atoms with Crippen molar-refractivity contribution in [1.82, 2.24) is 5.43 Å². The van der Waals surface area contributed by atoms with Gasteiger partial charge in [-0.25, -0.2) is 5.43 Å². The van der Waals surface area contributed by atoms with Crippen molar-refractivity contribution >= 4 is 28.1 Å². The zero-order valence-electron chi connectivity index (χ0n) is 15.6. The van der Waals surface area contributed by atoms with Gasteiger partial charge in [-0.05, 0) is 56.7 Å². The molecular formula is C20H23BrN2O3. The van der Waals surface area contributed by atoms with E-state index in [2.05, 4.69) is 47.2 Å². The summed E-state index contributed by atoms with van der Waals surface area (Å²) in [6.45, 7) is 6.40. The van der Waals surface area contributed by atoms with Crippen LogP contribution in [0.3, 0.4) is 0 Å². The Morgan fingerprint density at radius 2 is 1.77 bits per heavy atom. The highest BCUT2D eigenvalue weighted by Crippen LogP contribution is 2.35. The molecule has 5 nitrogen and oxygen atoms in total. The summed E-state index contributed by atoms with van der Waals surface area (Å²) in [5, 5.41) is 4.02. The summed E-state index contributed by atoms with van der Waals surface area (Å²) in [5.74, 6) is 0.918. The van der Waals surface area contributed by atoms with Gasteiger partial charge in [-0.15, -0.1) is 0 Å². The average Bonchev–Trinajstić information content (AvgIpc) is 2.60. The van der Waals surface area contributed by atoms with Gasteiger partial charge in [0.1, 0.15) is 0 Å². The van der Waals surface area contributed by atoms with Crippen LogP contribution in [-0.2, 0) is 5.41 Å². The topological polar surface area (TPSA) is 59.9 Å². The molecule has 0 heterocycles. The number of methoxy groups -OCH3 is 2. The molecule has 0 bridgehead atoms. The molecule has 0 saturated carbocycles. The van der Waals surface area contributed by atoms with Gasteiger partial charge >= 0.3 is 0 Å². The lowest BCUT2D eigenvalue weighted by molar-refractivity contribution is 0.0955. The molecule has 0 spiro atoms. The third-order valence-electron chi connectivity index (χ3n) is 3.85. The molecule has 0 saturated heterocycles. The van der Waals surface area contributed by atoms with Gasteiger partial charge in [-0.1, -0.05) is 32.9 Å². The van der Waals surface area contributed by atoms with E-state index in [9.17, 15) is 4.79 Å². The minimum Gasteiger partial charge on any atom is -0.493 e. The number of rotatable bonds is 5. The number of ether oxygens (including phenoxy) is 2. The molecule has 2 aromatic carbocycles. The van der Waals surface area contributed by atoms with E-state index in [0.717, 1.165) is 10.0 Å². The first-order chi connectivity index (χ1) is 12.3. The van der Waals surface area contributed by atoms with Crippen molar-refractivity contribution in [2.75, 3.05) is 14.2 Å². The molecule has 0 aliphatic carbocycles. The van der Waals surface area contributed by atoms with Gasteiger partial charge in [0.15, 0.2) is 11.5 Å². The zero-order valence-corrected chi connectivity index (χ0v) is 17.2. The molecule has 26 heavy (non-hydrogen) atoms. The molecule has 0 fully saturated rings. The van der Waals surface area contributed by atoms with E-state index in [1.807, 2.05) is 18.2 Å². The SMILES string of the molecule is COc1cc(C=NNC(=O)c2ccc(C(C)(C)C)cc2)cc(Br)c1OC. The second-order valence-corrected chi connectivity index (χ2v) is 7.62. The summed E-state index contributed by atoms with van der Waals surface area (Å²) < 4.78 is 11.3. The first-order valence-electron chi connectivity index (χ1n) is 8.11. The molecule has 0 unspecified atom stereocenters. The van der Waals surface area contributed by atoms with E-state index in [1.54, 1.807) is 38.6 Å². The number of hydrogen-bond acceptors (Lipinski definition) is 4. The van der Waals surface area contributed by atoms with Crippen LogP contribution in [0.1, 0.15) is 42.3 Å². The van der Waals surface area contributed by atoms with Crippen molar-refractivity contribution in [2.24, 2.45) is 5.10 Å². The molecule has 0 aliphatic heterocycles. The van der Waals surface area contributed by atoms with Crippen LogP contribution in [0, 0.1) is 0 Å². The van der Waals surface area contributed by atoms with Crippen LogP contribution in [0.15, 0.2) is 46.0 Å². The molecular weight excluding hydrogens is 396 g/mol. The lowest BCUT2D eigenvalue weighted by Crippen LogP contribution is -2.18. The van der Waals surface area contributed by atoms with Crippen LogP contribution in [0.5, 0.6) is 11.5 Å². The summed E-state index contributed by atoms with van der Waals surface area (Å²) in [5.41, 5.74) is 5.08. The average molecular weight is 419 g/mol. The van der Waals surface area contributed by atoms with Crippen LogP contribution < -0.4 is 14.9 Å². The van der Waals surface area contributed by atoms with Crippen LogP contribution in [0.25, 0.3) is 0 Å². The predicted molar refractivity (Wildman–Crippen MR) is 107 cm³/mol. The highest BCUT2D eigenvalue weighted by molar-refractivity contribution is 9.10. The first kappa shape index (κ1) is 20.0. The third-order valence-corrected chi connectivity index (χ3v) is 4.44. The molecule has 1 N–H and O–H groups in total. The van der Waals surface area contributed by atoms with Crippen molar-refractivity contribution in [3.63, 3.8) is 0 Å². The Morgan fingerprint density at radius 3 is 2.31 bits per heavy atom. The van der Waals surface area contributed by atoms with E-state index in [1.165, 1.54) is 5.56 Å². The quantitative estimate of drug-likeness (QED) is 0.573. The van der Waals surface area contributed by atoms with Crippen LogP contribution in [0.2, 0.25) is 0 Å². The molecule has 1 amide bonds. The summed E-state index contributed by atoms with van der Waals surface area (Å²) in [6.07, 6.45) is 1.55. The van der Waals surface area contributed by atoms with Crippen LogP contribution in [0.4, 0.5) is 0 Å². The fourth-order valence-corrected chi connectivity index (χ4v) is 2.99. The Labute approximate surface area is 162 Å². The number of nitrogens with one attached hydrogen (secondary N) is 1. The monoisotopic (exact) mass is 418 g/mol. The molecule has 2 rings (SSSR count). The van der Waals surface area contributed by atoms with Crippen molar-refractivity contribution < 1.29 is 14.3 Å². The Balaban J connectivity index is 2.08. The molecule has 0 atom stereocenters. The minimum absolute atomic E-state index is 0.0496. The predicted octanol–water partition coefficient (Wildman–Crippen LogP) is 4.53. The number of nitrogens with zero attached hydrogens (tertiary/aromatic N) is 1. The van der Waals surface area contributed by atoms with Crippen molar-refractivity contribution in [3.8, 4) is 11.5 Å². The van der Waals surface area contributed by atoms with Crippen LogP contribution in [-0.4, -0.2) is 26.3 Å². The summed E-state index contributed by atoms with van der Waals surface area (Å²) in [7, 11) is 3.13. The number of amides is 1. The van der Waals surface area contributed by atoms with Gasteiger partial charge in [-0.3, -0.25) is 4.79 Å².